The number of likely N-dealkylation sites (N-methyl/N-ethyl adjacent to an activating group) is 1. The lowest BCUT2D eigenvalue weighted by Crippen LogP contribution is -2.64. The standard InChI is InChI=1S/C21H28BN4O8/c1-21(23,20(30)25-7-16(27)24-2)10-26-8-11(9-26)33-15-6-4-13-12-3-5-14(12)22(31,32)34-18(13)17(15)19(28)29/h3-6,11-12,14,31-32H,7-10,23H2,1-2H3,(H,24,27)(H,25,30)(H,28,29)/q-1/t12-,14-,21?/m1/s1. The van der Waals surface area contributed by atoms with E-state index in [-0.39, 0.29) is 48.1 Å². The van der Waals surface area contributed by atoms with Gasteiger partial charge in [0.05, 0.1) is 12.3 Å². The second-order valence-electron chi connectivity index (χ2n) is 9.24. The number of fused-ring (bicyclic) bond motifs is 3. The van der Waals surface area contributed by atoms with Crippen LogP contribution in [0.2, 0.25) is 5.82 Å². The molecule has 0 spiro atoms. The van der Waals surface area contributed by atoms with E-state index in [1.54, 1.807) is 31.2 Å². The van der Waals surface area contributed by atoms with E-state index in [4.69, 9.17) is 15.1 Å². The van der Waals surface area contributed by atoms with Crippen LogP contribution in [0.1, 0.15) is 28.8 Å². The number of hydrogen-bond acceptors (Lipinski definition) is 9. The van der Waals surface area contributed by atoms with Crippen molar-refractivity contribution < 1.29 is 38.9 Å². The number of likely N-dealkylation sites (tertiary alicyclic amines) is 1. The van der Waals surface area contributed by atoms with Crippen LogP contribution in [-0.4, -0.2) is 89.5 Å². The molecule has 34 heavy (non-hydrogen) atoms. The predicted octanol–water partition coefficient (Wildman–Crippen LogP) is -1.63. The van der Waals surface area contributed by atoms with E-state index in [1.807, 2.05) is 4.90 Å². The lowest BCUT2D eigenvalue weighted by Gasteiger charge is -2.50. The van der Waals surface area contributed by atoms with E-state index in [9.17, 15) is 29.5 Å². The highest BCUT2D eigenvalue weighted by Crippen LogP contribution is 2.54. The molecule has 0 aromatic heterocycles. The number of ether oxygens (including phenoxy) is 1. The molecule has 184 valence electrons. The molecule has 1 saturated heterocycles. The molecule has 1 fully saturated rings. The van der Waals surface area contributed by atoms with Crippen molar-refractivity contribution in [2.45, 2.75) is 30.3 Å². The van der Waals surface area contributed by atoms with Crippen molar-refractivity contribution in [1.29, 1.82) is 0 Å². The largest absolute Gasteiger partial charge is 0.669 e. The Morgan fingerprint density at radius 1 is 1.29 bits per heavy atom. The molecule has 4 rings (SSSR count). The molecule has 13 heteroatoms. The van der Waals surface area contributed by atoms with Crippen LogP contribution in [0.5, 0.6) is 11.5 Å². The average molecular weight is 475 g/mol. The zero-order valence-corrected chi connectivity index (χ0v) is 18.9. The monoisotopic (exact) mass is 475 g/mol. The quantitative estimate of drug-likeness (QED) is 0.188. The first kappa shape index (κ1) is 24.0. The Morgan fingerprint density at radius 2 is 2.00 bits per heavy atom. The molecule has 2 aliphatic heterocycles. The lowest BCUT2D eigenvalue weighted by molar-refractivity contribution is -0.130. The average Bonchev–Trinajstić information content (AvgIpc) is 2.68. The normalized spacial score (nSPS) is 24.3. The van der Waals surface area contributed by atoms with E-state index in [1.165, 1.54) is 7.05 Å². The molecule has 1 unspecified atom stereocenters. The summed E-state index contributed by atoms with van der Waals surface area (Å²) < 4.78 is 11.2. The molecular formula is C21H28BN4O8-. The van der Waals surface area contributed by atoms with Gasteiger partial charge in [0, 0.05) is 26.7 Å². The molecule has 12 nitrogen and oxygen atoms in total. The number of amides is 2. The first-order chi connectivity index (χ1) is 15.9. The van der Waals surface area contributed by atoms with Gasteiger partial charge >= 0.3 is 12.7 Å². The topological polar surface area (TPSA) is 184 Å². The minimum Gasteiger partial charge on any atom is -0.669 e. The minimum atomic E-state index is -3.23. The summed E-state index contributed by atoms with van der Waals surface area (Å²) in [5.74, 6) is -3.10. The van der Waals surface area contributed by atoms with Gasteiger partial charge < -0.3 is 40.9 Å². The SMILES string of the molecule is CNC(=O)CNC(=O)C(C)(N)CN1CC(Oc2ccc3c(c2C(=O)O)O[B-](O)(O)[C@@H]2C=C[C@H]32)C1. The number of allylic oxidation sites excluding steroid dienone is 2. The van der Waals surface area contributed by atoms with E-state index in [0.29, 0.717) is 18.7 Å². The van der Waals surface area contributed by atoms with Gasteiger partial charge in [0.15, 0.2) is 0 Å². The van der Waals surface area contributed by atoms with Crippen molar-refractivity contribution in [3.05, 3.63) is 35.4 Å². The summed E-state index contributed by atoms with van der Waals surface area (Å²) in [5, 5.41) is 35.2. The lowest BCUT2D eigenvalue weighted by atomic mass is 9.50. The molecule has 3 aliphatic rings. The number of carboxylic acids is 1. The summed E-state index contributed by atoms with van der Waals surface area (Å²) >= 11 is 0. The number of rotatable bonds is 8. The fraction of sp³-hybridized carbons (Fsp3) is 0.476. The molecular weight excluding hydrogens is 447 g/mol. The highest BCUT2D eigenvalue weighted by atomic mass is 16.6. The maximum atomic E-state index is 12.3. The maximum absolute atomic E-state index is 12.3. The number of carboxylic acid groups (broad SMARTS) is 1. The Bertz CT molecular complexity index is 1050. The van der Waals surface area contributed by atoms with Gasteiger partial charge in [-0.25, -0.2) is 4.79 Å². The van der Waals surface area contributed by atoms with Crippen LogP contribution in [0.15, 0.2) is 24.3 Å². The highest BCUT2D eigenvalue weighted by Gasteiger charge is 2.48. The van der Waals surface area contributed by atoms with E-state index >= 15 is 0 Å². The van der Waals surface area contributed by atoms with Crippen LogP contribution in [0.4, 0.5) is 0 Å². The van der Waals surface area contributed by atoms with Gasteiger partial charge in [-0.05, 0) is 30.3 Å². The summed E-state index contributed by atoms with van der Waals surface area (Å²) in [7, 11) is 1.47. The molecule has 7 N–H and O–H groups in total. The smallest absolute Gasteiger partial charge is 0.438 e. The van der Waals surface area contributed by atoms with Gasteiger partial charge in [-0.15, -0.1) is 6.08 Å². The number of hydrogen-bond donors (Lipinski definition) is 6. The Morgan fingerprint density at radius 3 is 2.59 bits per heavy atom. The third-order valence-corrected chi connectivity index (χ3v) is 6.45. The second kappa shape index (κ2) is 8.58. The number of nitrogens with two attached hydrogens (primary N) is 1. The molecule has 1 aromatic carbocycles. The molecule has 3 atom stereocenters. The Balaban J connectivity index is 1.40. The van der Waals surface area contributed by atoms with Crippen LogP contribution >= 0.6 is 0 Å². The first-order valence-electron chi connectivity index (χ1n) is 11.0. The molecule has 0 radical (unpaired) electrons. The van der Waals surface area contributed by atoms with Crippen molar-refractivity contribution in [2.75, 3.05) is 33.2 Å². The fourth-order valence-corrected chi connectivity index (χ4v) is 4.49. The van der Waals surface area contributed by atoms with Crippen molar-refractivity contribution >= 4 is 24.5 Å². The van der Waals surface area contributed by atoms with Crippen LogP contribution in [0.25, 0.3) is 0 Å². The fourth-order valence-electron chi connectivity index (χ4n) is 4.49. The molecule has 0 bridgehead atoms. The van der Waals surface area contributed by atoms with Crippen LogP contribution < -0.4 is 25.8 Å². The number of aromatic carboxylic acids is 1. The number of nitrogens with zero attached hydrogens (tertiary/aromatic N) is 1. The first-order valence-corrected chi connectivity index (χ1v) is 11.0. The summed E-state index contributed by atoms with van der Waals surface area (Å²) in [4.78, 5) is 37.5. The minimum absolute atomic E-state index is 0.0584. The third-order valence-electron chi connectivity index (χ3n) is 6.45. The zero-order chi connectivity index (χ0) is 24.8. The van der Waals surface area contributed by atoms with E-state index in [0.717, 1.165) is 0 Å². The van der Waals surface area contributed by atoms with Gasteiger partial charge in [-0.2, -0.15) is 0 Å². The molecule has 0 saturated carbocycles. The van der Waals surface area contributed by atoms with Gasteiger partial charge in [0.2, 0.25) is 11.8 Å². The summed E-state index contributed by atoms with van der Waals surface area (Å²) in [6.07, 6.45) is 3.05. The zero-order valence-electron chi connectivity index (χ0n) is 18.9. The Kier molecular flexibility index (Phi) is 6.06. The van der Waals surface area contributed by atoms with Crippen molar-refractivity contribution in [2.24, 2.45) is 5.73 Å². The summed E-state index contributed by atoms with van der Waals surface area (Å²) in [6.45, 7) is -0.840. The number of carbonyl (C=O) groups excluding carboxylic acids is 2. The van der Waals surface area contributed by atoms with Gasteiger partial charge in [-0.1, -0.05) is 12.1 Å². The van der Waals surface area contributed by atoms with Crippen molar-refractivity contribution in [3.63, 3.8) is 0 Å². The Hall–Kier alpha value is -3.13. The van der Waals surface area contributed by atoms with E-state index < -0.39 is 30.0 Å². The number of carbonyl (C=O) groups is 3. The van der Waals surface area contributed by atoms with Crippen LogP contribution in [0, 0.1) is 0 Å². The van der Waals surface area contributed by atoms with Gasteiger partial charge in [-0.3, -0.25) is 14.5 Å². The van der Waals surface area contributed by atoms with Gasteiger partial charge in [0.1, 0.15) is 23.0 Å². The van der Waals surface area contributed by atoms with Crippen LogP contribution in [-0.2, 0) is 9.59 Å². The number of nitrogens with one attached hydrogen (secondary N) is 2. The maximum Gasteiger partial charge on any atom is 0.438 e. The van der Waals surface area contributed by atoms with Crippen LogP contribution in [0.3, 0.4) is 0 Å². The second-order valence-corrected chi connectivity index (χ2v) is 9.24. The molecule has 1 aliphatic carbocycles. The Labute approximate surface area is 195 Å². The predicted molar refractivity (Wildman–Crippen MR) is 120 cm³/mol. The summed E-state index contributed by atoms with van der Waals surface area (Å²) in [6, 6.07) is 3.22. The van der Waals surface area contributed by atoms with Gasteiger partial charge in [0.25, 0.3) is 0 Å². The number of benzene rings is 1. The molecule has 2 amide bonds. The molecule has 2 heterocycles. The highest BCUT2D eigenvalue weighted by molar-refractivity contribution is 6.62. The molecule has 1 aromatic rings. The van der Waals surface area contributed by atoms with Crippen molar-refractivity contribution in [1.82, 2.24) is 15.5 Å². The third kappa shape index (κ3) is 4.34. The van der Waals surface area contributed by atoms with E-state index in [2.05, 4.69) is 10.6 Å². The summed E-state index contributed by atoms with van der Waals surface area (Å²) in [5.41, 5.74) is 5.18. The van der Waals surface area contributed by atoms with Crippen molar-refractivity contribution in [3.8, 4) is 11.5 Å².